The first-order valence-corrected chi connectivity index (χ1v) is 8.10. The molecule has 18 heavy (non-hydrogen) atoms. The molecule has 0 amide bonds. The van der Waals surface area contributed by atoms with Gasteiger partial charge in [-0.25, -0.2) is 17.5 Å². The molecule has 0 atom stereocenters. The average Bonchev–Trinajstić information content (AvgIpc) is 2.26. The molecule has 0 aliphatic carbocycles. The topological polar surface area (TPSA) is 46.2 Å². The fraction of sp³-hybridized carbons (Fsp3) is 0.500. The van der Waals surface area contributed by atoms with Crippen LogP contribution in [0, 0.1) is 18.2 Å². The van der Waals surface area contributed by atoms with Crippen molar-refractivity contribution in [2.75, 3.05) is 11.9 Å². The van der Waals surface area contributed by atoms with E-state index >= 15 is 0 Å². The van der Waals surface area contributed by atoms with Gasteiger partial charge in [-0.15, -0.1) is 0 Å². The van der Waals surface area contributed by atoms with Crippen molar-refractivity contribution in [1.29, 1.82) is 0 Å². The van der Waals surface area contributed by atoms with Crippen LogP contribution in [0.25, 0.3) is 0 Å². The standard InChI is InChI=1S/C12H17BrFNO2S/c1-9-6-10(14)4-5-11(9)18(16,17)15-8-12(2,3)7-13/h4-6,15H,7-8H2,1-3H3. The van der Waals surface area contributed by atoms with E-state index in [4.69, 9.17) is 0 Å². The maximum absolute atomic E-state index is 12.9. The number of nitrogens with one attached hydrogen (secondary N) is 1. The summed E-state index contributed by atoms with van der Waals surface area (Å²) in [5, 5.41) is 0.685. The van der Waals surface area contributed by atoms with Crippen LogP contribution < -0.4 is 4.72 Å². The predicted octanol–water partition coefficient (Wildman–Crippen LogP) is 2.83. The number of alkyl halides is 1. The third kappa shape index (κ3) is 4.03. The van der Waals surface area contributed by atoms with Crippen LogP contribution >= 0.6 is 15.9 Å². The number of aryl methyl sites for hydroxylation is 1. The predicted molar refractivity (Wildman–Crippen MR) is 73.9 cm³/mol. The van der Waals surface area contributed by atoms with Crippen LogP contribution in [-0.4, -0.2) is 20.3 Å². The third-order valence-electron chi connectivity index (χ3n) is 2.53. The number of halogens is 2. The van der Waals surface area contributed by atoms with Gasteiger partial charge < -0.3 is 0 Å². The molecule has 0 spiro atoms. The molecule has 0 bridgehead atoms. The smallest absolute Gasteiger partial charge is 0.211 e. The number of hydrogen-bond acceptors (Lipinski definition) is 2. The molecule has 0 saturated carbocycles. The summed E-state index contributed by atoms with van der Waals surface area (Å²) in [5.41, 5.74) is 0.222. The van der Waals surface area contributed by atoms with Crippen molar-refractivity contribution in [3.8, 4) is 0 Å². The minimum atomic E-state index is -3.59. The van der Waals surface area contributed by atoms with Gasteiger partial charge in [-0.1, -0.05) is 29.8 Å². The van der Waals surface area contributed by atoms with Crippen LogP contribution in [0.1, 0.15) is 19.4 Å². The Hall–Kier alpha value is -0.460. The average molecular weight is 338 g/mol. The van der Waals surface area contributed by atoms with Gasteiger partial charge in [0.1, 0.15) is 5.82 Å². The van der Waals surface area contributed by atoms with Crippen molar-refractivity contribution in [2.45, 2.75) is 25.7 Å². The molecule has 3 nitrogen and oxygen atoms in total. The molecule has 0 aromatic heterocycles. The van der Waals surface area contributed by atoms with Gasteiger partial charge in [0.25, 0.3) is 0 Å². The molecule has 1 aromatic carbocycles. The summed E-state index contributed by atoms with van der Waals surface area (Å²) in [4.78, 5) is 0.120. The van der Waals surface area contributed by atoms with Gasteiger partial charge in [0.15, 0.2) is 0 Å². The molecule has 0 heterocycles. The molecular weight excluding hydrogens is 321 g/mol. The Bertz CT molecular complexity index is 529. The molecule has 0 aliphatic heterocycles. The molecule has 1 rings (SSSR count). The fourth-order valence-corrected chi connectivity index (χ4v) is 2.99. The van der Waals surface area contributed by atoms with Crippen molar-refractivity contribution in [1.82, 2.24) is 4.72 Å². The second-order valence-corrected chi connectivity index (χ2v) is 7.33. The molecular formula is C12H17BrFNO2S. The van der Waals surface area contributed by atoms with Crippen LogP contribution in [0.4, 0.5) is 4.39 Å². The maximum atomic E-state index is 12.9. The zero-order valence-corrected chi connectivity index (χ0v) is 13.0. The van der Waals surface area contributed by atoms with Crippen LogP contribution in [-0.2, 0) is 10.0 Å². The van der Waals surface area contributed by atoms with Gasteiger partial charge in [-0.05, 0) is 36.1 Å². The molecule has 0 fully saturated rings. The molecule has 102 valence electrons. The summed E-state index contributed by atoms with van der Waals surface area (Å²) in [5.74, 6) is -0.438. The highest BCUT2D eigenvalue weighted by molar-refractivity contribution is 9.09. The van der Waals surface area contributed by atoms with Crippen LogP contribution in [0.15, 0.2) is 23.1 Å². The lowest BCUT2D eigenvalue weighted by Gasteiger charge is -2.22. The Balaban J connectivity index is 2.94. The van der Waals surface area contributed by atoms with E-state index in [1.165, 1.54) is 12.1 Å². The van der Waals surface area contributed by atoms with E-state index in [2.05, 4.69) is 20.7 Å². The Morgan fingerprint density at radius 3 is 2.50 bits per heavy atom. The SMILES string of the molecule is Cc1cc(F)ccc1S(=O)(=O)NCC(C)(C)CBr. The fourth-order valence-electron chi connectivity index (χ4n) is 1.33. The lowest BCUT2D eigenvalue weighted by molar-refractivity contribution is 0.420. The van der Waals surface area contributed by atoms with Crippen molar-refractivity contribution in [2.24, 2.45) is 5.41 Å². The number of rotatable bonds is 5. The second kappa shape index (κ2) is 5.67. The van der Waals surface area contributed by atoms with E-state index in [9.17, 15) is 12.8 Å². The second-order valence-electron chi connectivity index (χ2n) is 5.03. The summed E-state index contributed by atoms with van der Waals surface area (Å²) >= 11 is 3.33. The lowest BCUT2D eigenvalue weighted by atomic mass is 9.98. The number of benzene rings is 1. The summed E-state index contributed by atoms with van der Waals surface area (Å²) in [6, 6.07) is 3.65. The first-order chi connectivity index (χ1) is 8.18. The summed E-state index contributed by atoms with van der Waals surface area (Å²) in [6.45, 7) is 5.79. The highest BCUT2D eigenvalue weighted by Crippen LogP contribution is 2.20. The van der Waals surface area contributed by atoms with Crippen molar-refractivity contribution in [3.63, 3.8) is 0 Å². The van der Waals surface area contributed by atoms with Gasteiger partial charge >= 0.3 is 0 Å². The third-order valence-corrected chi connectivity index (χ3v) is 5.61. The zero-order chi connectivity index (χ0) is 14.0. The summed E-state index contributed by atoms with van der Waals surface area (Å²) in [7, 11) is -3.59. The maximum Gasteiger partial charge on any atom is 0.240 e. The summed E-state index contributed by atoms with van der Waals surface area (Å²) < 4.78 is 39.6. The van der Waals surface area contributed by atoms with Crippen LogP contribution in [0.5, 0.6) is 0 Å². The molecule has 0 aliphatic rings. The largest absolute Gasteiger partial charge is 0.240 e. The quantitative estimate of drug-likeness (QED) is 0.839. The first kappa shape index (κ1) is 15.6. The van der Waals surface area contributed by atoms with E-state index < -0.39 is 15.8 Å². The van der Waals surface area contributed by atoms with Crippen LogP contribution in [0.2, 0.25) is 0 Å². The van der Waals surface area contributed by atoms with E-state index in [0.29, 0.717) is 17.4 Å². The molecule has 1 N–H and O–H groups in total. The number of hydrogen-bond donors (Lipinski definition) is 1. The zero-order valence-electron chi connectivity index (χ0n) is 10.6. The monoisotopic (exact) mass is 337 g/mol. The lowest BCUT2D eigenvalue weighted by Crippen LogP contribution is -2.35. The first-order valence-electron chi connectivity index (χ1n) is 5.50. The Morgan fingerprint density at radius 2 is 2.00 bits per heavy atom. The molecule has 0 unspecified atom stereocenters. The molecule has 6 heteroatoms. The van der Waals surface area contributed by atoms with E-state index in [1.54, 1.807) is 6.92 Å². The van der Waals surface area contributed by atoms with Gasteiger partial charge in [0.2, 0.25) is 10.0 Å². The van der Waals surface area contributed by atoms with E-state index in [0.717, 1.165) is 6.07 Å². The van der Waals surface area contributed by atoms with Gasteiger partial charge in [-0.2, -0.15) is 0 Å². The van der Waals surface area contributed by atoms with Gasteiger partial charge in [0, 0.05) is 11.9 Å². The van der Waals surface area contributed by atoms with Crippen molar-refractivity contribution in [3.05, 3.63) is 29.6 Å². The molecule has 0 radical (unpaired) electrons. The van der Waals surface area contributed by atoms with Crippen LogP contribution in [0.3, 0.4) is 0 Å². The van der Waals surface area contributed by atoms with E-state index in [1.807, 2.05) is 13.8 Å². The summed E-state index contributed by atoms with van der Waals surface area (Å²) in [6.07, 6.45) is 0. The Labute approximate surface area is 116 Å². The normalized spacial score (nSPS) is 12.7. The molecule has 1 aromatic rings. The minimum absolute atomic E-state index is 0.120. The van der Waals surface area contributed by atoms with Gasteiger partial charge in [-0.3, -0.25) is 0 Å². The van der Waals surface area contributed by atoms with Gasteiger partial charge in [0.05, 0.1) is 4.90 Å². The minimum Gasteiger partial charge on any atom is -0.211 e. The van der Waals surface area contributed by atoms with Crippen molar-refractivity contribution < 1.29 is 12.8 Å². The Morgan fingerprint density at radius 1 is 1.39 bits per heavy atom. The Kier molecular flexibility index (Phi) is 4.91. The number of sulfonamides is 1. The van der Waals surface area contributed by atoms with Crippen molar-refractivity contribution >= 4 is 26.0 Å². The highest BCUT2D eigenvalue weighted by Gasteiger charge is 2.22. The molecule has 0 saturated heterocycles. The highest BCUT2D eigenvalue weighted by atomic mass is 79.9. The van der Waals surface area contributed by atoms with E-state index in [-0.39, 0.29) is 10.3 Å².